The average molecular weight is 1080 g/mol. The fourth-order valence-electron chi connectivity index (χ4n) is 6.20. The minimum atomic E-state index is -4.40. The highest BCUT2D eigenvalue weighted by Crippen LogP contribution is 2.39. The average Bonchev–Trinajstić information content (AvgIpc) is 4.16. The van der Waals surface area contributed by atoms with E-state index in [2.05, 4.69) is 51.4 Å². The Bertz CT molecular complexity index is 2760. The van der Waals surface area contributed by atoms with Gasteiger partial charge in [0.1, 0.15) is 6.10 Å². The number of thioether (sulfide) groups is 3. The molecule has 2 fully saturated rings. The lowest BCUT2D eigenvalue weighted by Crippen LogP contribution is -2.29. The van der Waals surface area contributed by atoms with Gasteiger partial charge in [-0.1, -0.05) is 15.3 Å². The van der Waals surface area contributed by atoms with Crippen LogP contribution in [0.15, 0.2) is 101 Å². The number of primary amides is 1. The predicted molar refractivity (Wildman–Crippen MR) is 238 cm³/mol. The highest BCUT2D eigenvalue weighted by molar-refractivity contribution is 8.00. The van der Waals surface area contributed by atoms with E-state index < -0.39 is 46.0 Å². The quantitative estimate of drug-likeness (QED) is 0.0656. The summed E-state index contributed by atoms with van der Waals surface area (Å²) in [5, 5.41) is 29.1. The van der Waals surface area contributed by atoms with Gasteiger partial charge >= 0.3 is 46.4 Å². The number of nitrogens with zero attached hydrogens (tertiary/aromatic N) is 7. The summed E-state index contributed by atoms with van der Waals surface area (Å²) in [6, 6.07) is 14.4. The minimum absolute atomic E-state index is 0.00231. The number of benzene rings is 3. The summed E-state index contributed by atoms with van der Waals surface area (Å²) in [5.74, 6) is -2.25. The number of amides is 4. The van der Waals surface area contributed by atoms with Crippen molar-refractivity contribution in [3.63, 3.8) is 0 Å². The van der Waals surface area contributed by atoms with Crippen molar-refractivity contribution >= 4 is 77.0 Å². The monoisotopic (exact) mass is 1080 g/mol. The molecule has 0 saturated carbocycles. The standard InChI is InChI=1S/C16H17F3N4O2S.C14H12F3N3O3S.C11H7F3N4O3S/c1-23-8-6-11(7-9-23)14-21-22-15(25-14)20-13(24)10-2-4-12(5-3-10)26-16(17,18)19;15-14(16,17)24-9-5-3-8(4-6-9)11(21)18-13-20-19-12(23-13)10-2-1-7-22-10;12-11(13,14)22-6-3-1-5(2-4-6)8(20)16-10-18-17-9(21-10)7(15)19/h2-5,11H,6-9H2,1H3,(H,20,22,24);3-6,10H,1-2,7H2,(H,18,20,21);1-4H,(H2,15,19)(H,16,18,20). The number of likely N-dealkylation sites (tertiary alicyclic amines) is 1. The molecule has 1 atom stereocenters. The molecule has 2 saturated heterocycles. The number of anilines is 3. The molecule has 4 amide bonds. The number of carbonyl (C=O) groups is 4. The van der Waals surface area contributed by atoms with Crippen molar-refractivity contribution in [2.24, 2.45) is 5.73 Å². The van der Waals surface area contributed by atoms with E-state index in [-0.39, 0.29) is 96.7 Å². The SMILES string of the molecule is CN1CCC(c2nnc(NC(=O)c3ccc(SC(F)(F)F)cc3)o2)CC1.NC(=O)c1nnc(NC(=O)c2ccc(SC(F)(F)F)cc2)o1.O=C(Nc1nnc(C2CCCO2)o1)c1ccc(SC(F)(F)F)cc1. The smallest absolute Gasteiger partial charge is 0.408 e. The fourth-order valence-corrected chi connectivity index (χ4v) is 7.82. The van der Waals surface area contributed by atoms with Crippen molar-refractivity contribution in [1.82, 2.24) is 35.5 Å². The van der Waals surface area contributed by atoms with Crippen LogP contribution in [0.25, 0.3) is 0 Å². The summed E-state index contributed by atoms with van der Waals surface area (Å²) in [5.41, 5.74) is -7.78. The van der Waals surface area contributed by atoms with Crippen molar-refractivity contribution < 1.29 is 76.7 Å². The van der Waals surface area contributed by atoms with E-state index in [9.17, 15) is 58.7 Å². The Balaban J connectivity index is 0.000000177. The van der Waals surface area contributed by atoms with Crippen LogP contribution in [-0.2, 0) is 4.74 Å². The second-order valence-electron chi connectivity index (χ2n) is 14.8. The topological polar surface area (TPSA) is 260 Å². The number of aromatic nitrogens is 6. The van der Waals surface area contributed by atoms with Gasteiger partial charge in [-0.2, -0.15) is 39.5 Å². The number of nitrogens with one attached hydrogen (secondary N) is 3. The largest absolute Gasteiger partial charge is 0.446 e. The van der Waals surface area contributed by atoms with Crippen LogP contribution in [0.1, 0.15) is 91.2 Å². The molecule has 3 aromatic carbocycles. The number of carbonyl (C=O) groups excluding carboxylic acids is 4. The van der Waals surface area contributed by atoms with Crippen LogP contribution in [0.3, 0.4) is 0 Å². The molecule has 0 radical (unpaired) electrons. The Hall–Kier alpha value is -6.70. The van der Waals surface area contributed by atoms with Crippen molar-refractivity contribution in [2.45, 2.75) is 68.9 Å². The predicted octanol–water partition coefficient (Wildman–Crippen LogP) is 9.56. The van der Waals surface area contributed by atoms with E-state index in [0.717, 1.165) is 50.9 Å². The second-order valence-corrected chi connectivity index (χ2v) is 18.2. The number of halogens is 9. The van der Waals surface area contributed by atoms with Crippen LogP contribution in [-0.4, -0.2) is 102 Å². The molecule has 384 valence electrons. The van der Waals surface area contributed by atoms with Crippen LogP contribution < -0.4 is 21.7 Å². The number of nitrogens with two attached hydrogens (primary N) is 1. The van der Waals surface area contributed by atoms with E-state index in [0.29, 0.717) is 18.4 Å². The Labute approximate surface area is 412 Å². The van der Waals surface area contributed by atoms with Crippen LogP contribution in [0.2, 0.25) is 0 Å². The number of piperidine rings is 1. The van der Waals surface area contributed by atoms with Gasteiger partial charge in [-0.05, 0) is 154 Å². The van der Waals surface area contributed by atoms with Crippen molar-refractivity contribution in [3.05, 3.63) is 107 Å². The third-order valence-electron chi connectivity index (χ3n) is 9.50. The normalized spacial score (nSPS) is 15.4. The molecule has 2 aliphatic rings. The number of ether oxygens (including phenoxy) is 1. The lowest BCUT2D eigenvalue weighted by Gasteiger charge is -2.26. The van der Waals surface area contributed by atoms with Gasteiger partial charge < -0.3 is 28.6 Å². The Morgan fingerprint density at radius 3 is 1.29 bits per heavy atom. The second kappa shape index (κ2) is 24.1. The molecule has 6 aromatic rings. The Kier molecular flexibility index (Phi) is 18.3. The van der Waals surface area contributed by atoms with E-state index in [4.69, 9.17) is 23.7 Å². The zero-order valence-electron chi connectivity index (χ0n) is 36.6. The number of hydrogen-bond donors (Lipinski definition) is 4. The summed E-state index contributed by atoms with van der Waals surface area (Å²) >= 11 is -0.768. The van der Waals surface area contributed by atoms with E-state index >= 15 is 0 Å². The molecule has 31 heteroatoms. The first kappa shape index (κ1) is 54.6. The molecule has 0 bridgehead atoms. The molecular weight excluding hydrogens is 1040 g/mol. The van der Waals surface area contributed by atoms with Crippen molar-refractivity contribution in [2.75, 3.05) is 42.7 Å². The first-order valence-electron chi connectivity index (χ1n) is 20.6. The van der Waals surface area contributed by atoms with Gasteiger partial charge in [0.25, 0.3) is 17.7 Å². The van der Waals surface area contributed by atoms with Crippen molar-refractivity contribution in [3.8, 4) is 0 Å². The van der Waals surface area contributed by atoms with E-state index in [1.807, 2.05) is 7.05 Å². The summed E-state index contributed by atoms with van der Waals surface area (Å²) in [4.78, 5) is 48.9. The van der Waals surface area contributed by atoms with Crippen LogP contribution >= 0.6 is 35.3 Å². The van der Waals surface area contributed by atoms with Gasteiger partial charge in [0.2, 0.25) is 11.8 Å². The van der Waals surface area contributed by atoms with Gasteiger partial charge in [-0.25, -0.2) is 0 Å². The minimum Gasteiger partial charge on any atom is -0.408 e. The van der Waals surface area contributed by atoms with Gasteiger partial charge in [0.15, 0.2) is 0 Å². The van der Waals surface area contributed by atoms with Gasteiger partial charge in [0.05, 0.1) is 0 Å². The zero-order chi connectivity index (χ0) is 52.2. The first-order chi connectivity index (χ1) is 33.9. The summed E-state index contributed by atoms with van der Waals surface area (Å²) in [6.45, 7) is 2.51. The maximum absolute atomic E-state index is 12.3. The van der Waals surface area contributed by atoms with Crippen LogP contribution in [0.5, 0.6) is 0 Å². The third kappa shape index (κ3) is 17.6. The third-order valence-corrected chi connectivity index (χ3v) is 11.7. The van der Waals surface area contributed by atoms with Gasteiger partial charge in [-0.3, -0.25) is 35.1 Å². The summed E-state index contributed by atoms with van der Waals surface area (Å²) in [6.07, 6.45) is 3.22. The molecular formula is C41H36F9N11O8S3. The molecule has 0 aliphatic carbocycles. The molecule has 1 unspecified atom stereocenters. The number of hydrogen-bond acceptors (Lipinski definition) is 18. The Morgan fingerprint density at radius 2 is 0.931 bits per heavy atom. The molecule has 2 aliphatic heterocycles. The fraction of sp³-hybridized carbons (Fsp3) is 0.317. The molecule has 3 aromatic heterocycles. The van der Waals surface area contributed by atoms with Gasteiger partial charge in [-0.15, -0.1) is 15.3 Å². The highest BCUT2D eigenvalue weighted by atomic mass is 32.2. The maximum atomic E-state index is 12.3. The first-order valence-corrected chi connectivity index (χ1v) is 23.0. The maximum Gasteiger partial charge on any atom is 0.446 e. The number of alkyl halides is 9. The van der Waals surface area contributed by atoms with Crippen molar-refractivity contribution in [1.29, 1.82) is 0 Å². The zero-order valence-corrected chi connectivity index (χ0v) is 39.1. The molecule has 5 heterocycles. The van der Waals surface area contributed by atoms with E-state index in [1.54, 1.807) is 0 Å². The van der Waals surface area contributed by atoms with Crippen LogP contribution in [0, 0.1) is 0 Å². The van der Waals surface area contributed by atoms with Gasteiger partial charge in [0, 0.05) is 43.9 Å². The molecule has 8 rings (SSSR count). The molecule has 5 N–H and O–H groups in total. The summed E-state index contributed by atoms with van der Waals surface area (Å²) < 4.78 is 131. The summed E-state index contributed by atoms with van der Waals surface area (Å²) in [7, 11) is 2.05. The van der Waals surface area contributed by atoms with Crippen LogP contribution in [0.4, 0.5) is 57.6 Å². The Morgan fingerprint density at radius 1 is 0.556 bits per heavy atom. The lowest BCUT2D eigenvalue weighted by molar-refractivity contribution is -0.0337. The molecule has 72 heavy (non-hydrogen) atoms. The molecule has 0 spiro atoms. The molecule has 19 nitrogen and oxygen atoms in total. The number of rotatable bonds is 12. The highest BCUT2D eigenvalue weighted by Gasteiger charge is 2.32. The van der Waals surface area contributed by atoms with E-state index in [1.165, 1.54) is 60.7 Å². The lowest BCUT2D eigenvalue weighted by atomic mass is 9.97.